The zero-order valence-electron chi connectivity index (χ0n) is 10.5. The Kier molecular flexibility index (Phi) is 3.57. The number of halogens is 1. The number of aryl methyl sites for hydroxylation is 1. The Bertz CT molecular complexity index is 709. The van der Waals surface area contributed by atoms with Crippen LogP contribution in [0.25, 0.3) is 5.95 Å². The molecule has 0 aliphatic heterocycles. The number of aromatic nitrogens is 6. The molecule has 0 bridgehead atoms. The van der Waals surface area contributed by atoms with Gasteiger partial charge in [0.1, 0.15) is 0 Å². The Hall–Kier alpha value is -2.06. The van der Waals surface area contributed by atoms with Crippen molar-refractivity contribution in [3.8, 4) is 5.95 Å². The summed E-state index contributed by atoms with van der Waals surface area (Å²) in [5, 5.41) is 7.30. The van der Waals surface area contributed by atoms with Crippen LogP contribution in [0.1, 0.15) is 10.6 Å². The number of hydrogen-bond donors (Lipinski definition) is 1. The minimum atomic E-state index is 0.119. The second-order valence-corrected chi connectivity index (χ2v) is 5.17. The summed E-state index contributed by atoms with van der Waals surface area (Å²) in [4.78, 5) is 17.7. The average Bonchev–Trinajstić information content (AvgIpc) is 3.07. The SMILES string of the molecule is Cc1ncsc1CNc1nc(Cl)nc(-n2cccn2)n1. The van der Waals surface area contributed by atoms with Crippen LogP contribution in [0.3, 0.4) is 0 Å². The van der Waals surface area contributed by atoms with Gasteiger partial charge in [0, 0.05) is 17.3 Å². The average molecular weight is 308 g/mol. The summed E-state index contributed by atoms with van der Waals surface area (Å²) in [6, 6.07) is 1.78. The number of nitrogens with one attached hydrogen (secondary N) is 1. The predicted molar refractivity (Wildman–Crippen MR) is 76.1 cm³/mol. The van der Waals surface area contributed by atoms with E-state index in [-0.39, 0.29) is 5.28 Å². The lowest BCUT2D eigenvalue weighted by Gasteiger charge is -2.06. The first-order valence-corrected chi connectivity index (χ1v) is 7.02. The van der Waals surface area contributed by atoms with Crippen LogP contribution in [0.5, 0.6) is 0 Å². The van der Waals surface area contributed by atoms with Crippen molar-refractivity contribution in [2.75, 3.05) is 5.32 Å². The molecule has 0 fully saturated rings. The lowest BCUT2D eigenvalue weighted by atomic mass is 10.4. The molecule has 0 atom stereocenters. The number of nitrogens with zero attached hydrogens (tertiary/aromatic N) is 6. The van der Waals surface area contributed by atoms with Crippen molar-refractivity contribution in [3.63, 3.8) is 0 Å². The van der Waals surface area contributed by atoms with Gasteiger partial charge in [0.25, 0.3) is 5.95 Å². The number of thiazole rings is 1. The molecule has 0 radical (unpaired) electrons. The molecule has 3 rings (SSSR count). The van der Waals surface area contributed by atoms with Crippen molar-refractivity contribution in [1.82, 2.24) is 29.7 Å². The van der Waals surface area contributed by atoms with E-state index in [2.05, 4.69) is 30.4 Å². The Morgan fingerprint density at radius 1 is 1.35 bits per heavy atom. The summed E-state index contributed by atoms with van der Waals surface area (Å²) < 4.78 is 1.52. The van der Waals surface area contributed by atoms with Crippen LogP contribution in [-0.4, -0.2) is 29.7 Å². The molecule has 0 aliphatic rings. The third-order valence-electron chi connectivity index (χ3n) is 2.56. The van der Waals surface area contributed by atoms with Gasteiger partial charge in [-0.25, -0.2) is 9.67 Å². The van der Waals surface area contributed by atoms with Gasteiger partial charge < -0.3 is 5.32 Å². The molecule has 0 saturated heterocycles. The minimum Gasteiger partial charge on any atom is -0.349 e. The maximum atomic E-state index is 5.91. The molecule has 0 saturated carbocycles. The normalized spacial score (nSPS) is 10.7. The van der Waals surface area contributed by atoms with Crippen LogP contribution in [-0.2, 0) is 6.54 Å². The lowest BCUT2D eigenvalue weighted by molar-refractivity contribution is 0.795. The van der Waals surface area contributed by atoms with Gasteiger partial charge in [0.2, 0.25) is 11.2 Å². The molecular formula is C11H10ClN7S. The van der Waals surface area contributed by atoms with E-state index in [9.17, 15) is 0 Å². The van der Waals surface area contributed by atoms with Crippen molar-refractivity contribution < 1.29 is 0 Å². The van der Waals surface area contributed by atoms with Crippen molar-refractivity contribution in [2.45, 2.75) is 13.5 Å². The standard InChI is InChI=1S/C11H10ClN7S/c1-7-8(20-6-14-7)5-13-10-16-9(12)17-11(18-10)19-4-2-3-15-19/h2-4,6H,5H2,1H3,(H,13,16,17,18). The van der Waals surface area contributed by atoms with Crippen LogP contribution in [0.4, 0.5) is 5.95 Å². The Labute approximate surface area is 123 Å². The molecule has 3 heterocycles. The van der Waals surface area contributed by atoms with Crippen molar-refractivity contribution in [2.24, 2.45) is 0 Å². The molecule has 20 heavy (non-hydrogen) atoms. The first-order chi connectivity index (χ1) is 9.72. The molecule has 0 unspecified atom stereocenters. The van der Waals surface area contributed by atoms with Crippen LogP contribution in [0.2, 0.25) is 5.28 Å². The lowest BCUT2D eigenvalue weighted by Crippen LogP contribution is -2.09. The molecule has 3 aromatic heterocycles. The first kappa shape index (κ1) is 12.9. The van der Waals surface area contributed by atoms with Gasteiger partial charge in [0.15, 0.2) is 0 Å². The molecule has 9 heteroatoms. The zero-order chi connectivity index (χ0) is 13.9. The van der Waals surface area contributed by atoms with Crippen LogP contribution < -0.4 is 5.32 Å². The highest BCUT2D eigenvalue weighted by atomic mass is 35.5. The summed E-state index contributed by atoms with van der Waals surface area (Å²) in [5.74, 6) is 0.779. The van der Waals surface area contributed by atoms with Crippen molar-refractivity contribution >= 4 is 28.9 Å². The van der Waals surface area contributed by atoms with E-state index in [1.165, 1.54) is 4.68 Å². The summed E-state index contributed by atoms with van der Waals surface area (Å²) in [6.07, 6.45) is 3.38. The second-order valence-electron chi connectivity index (χ2n) is 3.89. The molecular weight excluding hydrogens is 298 g/mol. The summed E-state index contributed by atoms with van der Waals surface area (Å²) in [6.45, 7) is 2.55. The Balaban J connectivity index is 1.81. The number of anilines is 1. The molecule has 1 N–H and O–H groups in total. The maximum Gasteiger partial charge on any atom is 0.256 e. The smallest absolute Gasteiger partial charge is 0.256 e. The van der Waals surface area contributed by atoms with E-state index in [0.29, 0.717) is 18.4 Å². The molecule has 0 aliphatic carbocycles. The zero-order valence-corrected chi connectivity index (χ0v) is 12.1. The number of rotatable bonds is 4. The monoisotopic (exact) mass is 307 g/mol. The highest BCUT2D eigenvalue weighted by Crippen LogP contribution is 2.14. The Morgan fingerprint density at radius 2 is 2.25 bits per heavy atom. The van der Waals surface area contributed by atoms with E-state index < -0.39 is 0 Å². The molecule has 0 aromatic carbocycles. The van der Waals surface area contributed by atoms with Gasteiger partial charge in [-0.05, 0) is 24.6 Å². The molecule has 7 nitrogen and oxygen atoms in total. The minimum absolute atomic E-state index is 0.119. The molecule has 0 spiro atoms. The quantitative estimate of drug-likeness (QED) is 0.795. The highest BCUT2D eigenvalue weighted by molar-refractivity contribution is 7.09. The van der Waals surface area contributed by atoms with Crippen molar-refractivity contribution in [3.05, 3.63) is 39.8 Å². The first-order valence-electron chi connectivity index (χ1n) is 5.77. The fourth-order valence-electron chi connectivity index (χ4n) is 1.56. The topological polar surface area (TPSA) is 81.4 Å². The van der Waals surface area contributed by atoms with E-state index in [0.717, 1.165) is 10.6 Å². The van der Waals surface area contributed by atoms with Gasteiger partial charge >= 0.3 is 0 Å². The summed E-state index contributed by atoms with van der Waals surface area (Å²) >= 11 is 7.49. The van der Waals surface area contributed by atoms with Gasteiger partial charge in [-0.1, -0.05) is 0 Å². The van der Waals surface area contributed by atoms with Crippen molar-refractivity contribution in [1.29, 1.82) is 0 Å². The highest BCUT2D eigenvalue weighted by Gasteiger charge is 2.08. The van der Waals surface area contributed by atoms with Gasteiger partial charge in [-0.3, -0.25) is 0 Å². The fraction of sp³-hybridized carbons (Fsp3) is 0.182. The summed E-state index contributed by atoms with van der Waals surface area (Å²) in [7, 11) is 0. The van der Waals surface area contributed by atoms with Gasteiger partial charge in [0.05, 0.1) is 17.7 Å². The third kappa shape index (κ3) is 2.75. The number of hydrogen-bond acceptors (Lipinski definition) is 7. The van der Waals surface area contributed by atoms with E-state index in [1.54, 1.807) is 29.8 Å². The van der Waals surface area contributed by atoms with Crippen LogP contribution in [0, 0.1) is 6.92 Å². The molecule has 102 valence electrons. The van der Waals surface area contributed by atoms with Crippen LogP contribution >= 0.6 is 22.9 Å². The van der Waals surface area contributed by atoms with Crippen LogP contribution in [0.15, 0.2) is 24.0 Å². The summed E-state index contributed by atoms with van der Waals surface area (Å²) in [5.41, 5.74) is 2.80. The predicted octanol–water partition coefficient (Wildman–Crippen LogP) is 2.09. The molecule has 3 aromatic rings. The van der Waals surface area contributed by atoms with Gasteiger partial charge in [-0.15, -0.1) is 11.3 Å². The van der Waals surface area contributed by atoms with E-state index in [1.807, 2.05) is 12.4 Å². The fourth-order valence-corrected chi connectivity index (χ4v) is 2.44. The second kappa shape index (κ2) is 5.51. The van der Waals surface area contributed by atoms with Gasteiger partial charge in [-0.2, -0.15) is 20.1 Å². The van der Waals surface area contributed by atoms with E-state index >= 15 is 0 Å². The maximum absolute atomic E-state index is 5.91. The molecule has 0 amide bonds. The third-order valence-corrected chi connectivity index (χ3v) is 3.66. The van der Waals surface area contributed by atoms with E-state index in [4.69, 9.17) is 11.6 Å². The Morgan fingerprint density at radius 3 is 2.95 bits per heavy atom. The largest absolute Gasteiger partial charge is 0.349 e.